The molecule has 8 aromatic carbocycles. The minimum absolute atomic E-state index is 0.877. The molecule has 0 radical (unpaired) electrons. The highest BCUT2D eigenvalue weighted by molar-refractivity contribution is 6.17. The topological polar surface area (TPSA) is 23.0 Å². The highest BCUT2D eigenvalue weighted by atomic mass is 16.3. The van der Waals surface area contributed by atoms with E-state index in [0.29, 0.717) is 0 Å². The number of aromatic nitrogens is 2. The van der Waals surface area contributed by atoms with Gasteiger partial charge in [-0.3, -0.25) is 0 Å². The maximum Gasteiger partial charge on any atom is 0.143 e. The Kier molecular flexibility index (Phi) is 5.96. The first-order chi connectivity index (χ1) is 25.3. The minimum atomic E-state index is 0.877. The Balaban J connectivity index is 1.14. The lowest BCUT2D eigenvalue weighted by molar-refractivity contribution is 0.670. The summed E-state index contributed by atoms with van der Waals surface area (Å²) in [6, 6.07) is 65.3. The number of benzene rings is 8. The molecule has 0 N–H and O–H groups in total. The molecule has 51 heavy (non-hydrogen) atoms. The Morgan fingerprint density at radius 3 is 1.69 bits per heavy atom. The molecule has 0 atom stereocenters. The molecule has 0 aliphatic carbocycles. The molecule has 11 aromatic rings. The second kappa shape index (κ2) is 10.8. The molecule has 3 aromatic heterocycles. The number of furan rings is 1. The predicted octanol–water partition coefficient (Wildman–Crippen LogP) is 13.1. The third-order valence-corrected chi connectivity index (χ3v) is 10.5. The van der Waals surface area contributed by atoms with Crippen LogP contribution in [0.3, 0.4) is 0 Å². The van der Waals surface area contributed by atoms with Gasteiger partial charge in [0.2, 0.25) is 0 Å². The van der Waals surface area contributed by atoms with Crippen LogP contribution in [-0.4, -0.2) is 9.13 Å². The average molecular weight is 651 g/mol. The van der Waals surface area contributed by atoms with Crippen molar-refractivity contribution in [1.29, 1.82) is 0 Å². The van der Waals surface area contributed by atoms with Gasteiger partial charge in [-0.1, -0.05) is 127 Å². The Morgan fingerprint density at radius 2 is 0.922 bits per heavy atom. The summed E-state index contributed by atoms with van der Waals surface area (Å²) in [5.74, 6) is 0. The van der Waals surface area contributed by atoms with E-state index in [0.717, 1.165) is 50.0 Å². The standard InChI is InChI=1S/C48H30N2O/c1-2-13-31(14-3-1)32-15-10-16-33(29-32)35-20-11-21-39-47-45(25-12-26-46(47)51-48(35)39)50-43-24-9-6-19-38(43)40-30-34(27-28-44(40)50)49-41-22-7-4-17-36(41)37-18-5-8-23-42(37)49/h1-30H. The molecule has 11 rings (SSSR count). The third-order valence-electron chi connectivity index (χ3n) is 10.5. The van der Waals surface area contributed by atoms with Crippen LogP contribution in [-0.2, 0) is 0 Å². The summed E-state index contributed by atoms with van der Waals surface area (Å²) in [5, 5.41) is 7.19. The van der Waals surface area contributed by atoms with Gasteiger partial charge >= 0.3 is 0 Å². The molecule has 3 heterocycles. The van der Waals surface area contributed by atoms with Gasteiger partial charge in [0.05, 0.1) is 33.1 Å². The van der Waals surface area contributed by atoms with E-state index in [-0.39, 0.29) is 0 Å². The van der Waals surface area contributed by atoms with E-state index in [1.807, 2.05) is 0 Å². The van der Waals surface area contributed by atoms with E-state index in [2.05, 4.69) is 191 Å². The third kappa shape index (κ3) is 4.12. The highest BCUT2D eigenvalue weighted by Gasteiger charge is 2.20. The van der Waals surface area contributed by atoms with Gasteiger partial charge in [-0.25, -0.2) is 0 Å². The van der Waals surface area contributed by atoms with Crippen LogP contribution in [0.2, 0.25) is 0 Å². The molecule has 0 unspecified atom stereocenters. The van der Waals surface area contributed by atoms with E-state index in [9.17, 15) is 0 Å². The van der Waals surface area contributed by atoms with Crippen LogP contribution >= 0.6 is 0 Å². The van der Waals surface area contributed by atoms with Crippen molar-refractivity contribution < 1.29 is 4.42 Å². The number of rotatable bonds is 4. The Morgan fingerprint density at radius 1 is 0.353 bits per heavy atom. The summed E-state index contributed by atoms with van der Waals surface area (Å²) in [6.45, 7) is 0. The van der Waals surface area contributed by atoms with Crippen LogP contribution in [0.4, 0.5) is 0 Å². The molecular weight excluding hydrogens is 621 g/mol. The maximum atomic E-state index is 6.78. The van der Waals surface area contributed by atoms with Gasteiger partial charge in [0.15, 0.2) is 0 Å². The van der Waals surface area contributed by atoms with E-state index in [1.54, 1.807) is 0 Å². The number of nitrogens with zero attached hydrogens (tertiary/aromatic N) is 2. The minimum Gasteiger partial charge on any atom is -0.455 e. The lowest BCUT2D eigenvalue weighted by atomic mass is 9.97. The molecule has 0 amide bonds. The molecule has 0 saturated carbocycles. The SMILES string of the molecule is c1ccc(-c2cccc(-c3cccc4c3oc3cccc(-n5c6ccccc6c6cc(-n7c8ccccc8c8ccccc87)ccc65)c34)c2)cc1. The lowest BCUT2D eigenvalue weighted by Crippen LogP contribution is -1.96. The van der Waals surface area contributed by atoms with Crippen molar-refractivity contribution in [3.8, 4) is 33.6 Å². The van der Waals surface area contributed by atoms with Gasteiger partial charge in [-0.15, -0.1) is 0 Å². The van der Waals surface area contributed by atoms with E-state index in [1.165, 1.54) is 49.2 Å². The molecule has 3 heteroatoms. The fraction of sp³-hybridized carbons (Fsp3) is 0. The van der Waals surface area contributed by atoms with Crippen molar-refractivity contribution in [2.45, 2.75) is 0 Å². The van der Waals surface area contributed by atoms with Crippen LogP contribution < -0.4 is 0 Å². The number of hydrogen-bond acceptors (Lipinski definition) is 1. The summed E-state index contributed by atoms with van der Waals surface area (Å²) in [6.07, 6.45) is 0. The van der Waals surface area contributed by atoms with Gasteiger partial charge in [0.1, 0.15) is 11.2 Å². The number of hydrogen-bond donors (Lipinski definition) is 0. The number of para-hydroxylation sites is 4. The molecule has 0 bridgehead atoms. The zero-order chi connectivity index (χ0) is 33.5. The van der Waals surface area contributed by atoms with Gasteiger partial charge in [0, 0.05) is 38.2 Å². The monoisotopic (exact) mass is 650 g/mol. The van der Waals surface area contributed by atoms with Crippen molar-refractivity contribution in [3.05, 3.63) is 182 Å². The summed E-state index contributed by atoms with van der Waals surface area (Å²) < 4.78 is 11.6. The van der Waals surface area contributed by atoms with E-state index < -0.39 is 0 Å². The quantitative estimate of drug-likeness (QED) is 0.186. The Labute approximate surface area is 293 Å². The van der Waals surface area contributed by atoms with Gasteiger partial charge in [-0.05, 0) is 71.3 Å². The summed E-state index contributed by atoms with van der Waals surface area (Å²) in [5.41, 5.74) is 13.4. The van der Waals surface area contributed by atoms with Crippen LogP contribution in [0.25, 0.3) is 99.2 Å². The normalized spacial score (nSPS) is 11.9. The summed E-state index contributed by atoms with van der Waals surface area (Å²) in [7, 11) is 0. The van der Waals surface area contributed by atoms with Crippen molar-refractivity contribution in [2.75, 3.05) is 0 Å². The van der Waals surface area contributed by atoms with Crippen molar-refractivity contribution in [1.82, 2.24) is 9.13 Å². The molecule has 0 saturated heterocycles. The maximum absolute atomic E-state index is 6.78. The molecule has 238 valence electrons. The zero-order valence-electron chi connectivity index (χ0n) is 27.6. The molecule has 0 spiro atoms. The Hall–Kier alpha value is -6.84. The van der Waals surface area contributed by atoms with Gasteiger partial charge in [-0.2, -0.15) is 0 Å². The molecule has 0 aliphatic heterocycles. The molecule has 0 fully saturated rings. The van der Waals surface area contributed by atoms with Crippen LogP contribution in [0.15, 0.2) is 186 Å². The fourth-order valence-electron chi connectivity index (χ4n) is 8.30. The smallest absolute Gasteiger partial charge is 0.143 e. The molecule has 3 nitrogen and oxygen atoms in total. The van der Waals surface area contributed by atoms with E-state index in [4.69, 9.17) is 4.42 Å². The van der Waals surface area contributed by atoms with Crippen molar-refractivity contribution >= 4 is 65.6 Å². The predicted molar refractivity (Wildman–Crippen MR) is 213 cm³/mol. The Bertz CT molecular complexity index is 3090. The van der Waals surface area contributed by atoms with Gasteiger partial charge in [0.25, 0.3) is 0 Å². The molecular formula is C48H30N2O. The first kappa shape index (κ1) is 28.0. The summed E-state index contributed by atoms with van der Waals surface area (Å²) in [4.78, 5) is 0. The highest BCUT2D eigenvalue weighted by Crippen LogP contribution is 2.42. The lowest BCUT2D eigenvalue weighted by Gasteiger charge is -2.11. The molecule has 0 aliphatic rings. The van der Waals surface area contributed by atoms with Crippen LogP contribution in [0.1, 0.15) is 0 Å². The first-order valence-electron chi connectivity index (χ1n) is 17.4. The zero-order valence-corrected chi connectivity index (χ0v) is 27.6. The first-order valence-corrected chi connectivity index (χ1v) is 17.4. The van der Waals surface area contributed by atoms with E-state index >= 15 is 0 Å². The second-order valence-corrected chi connectivity index (χ2v) is 13.3. The van der Waals surface area contributed by atoms with Crippen LogP contribution in [0.5, 0.6) is 0 Å². The fourth-order valence-corrected chi connectivity index (χ4v) is 8.30. The van der Waals surface area contributed by atoms with Gasteiger partial charge < -0.3 is 13.6 Å². The summed E-state index contributed by atoms with van der Waals surface area (Å²) >= 11 is 0. The largest absolute Gasteiger partial charge is 0.455 e. The average Bonchev–Trinajstić information content (AvgIpc) is 3.86. The van der Waals surface area contributed by atoms with Crippen molar-refractivity contribution in [2.24, 2.45) is 0 Å². The van der Waals surface area contributed by atoms with Crippen LogP contribution in [0, 0.1) is 0 Å². The van der Waals surface area contributed by atoms with Crippen molar-refractivity contribution in [3.63, 3.8) is 0 Å². The number of fused-ring (bicyclic) bond motifs is 9. The second-order valence-electron chi connectivity index (χ2n) is 13.3.